The molecule has 0 saturated carbocycles. The molecule has 16 heavy (non-hydrogen) atoms. The van der Waals surface area contributed by atoms with Crippen LogP contribution in [0.25, 0.3) is 10.8 Å². The van der Waals surface area contributed by atoms with Crippen molar-refractivity contribution in [3.05, 3.63) is 40.4 Å². The Morgan fingerprint density at radius 1 is 1.31 bits per heavy atom. The summed E-state index contributed by atoms with van der Waals surface area (Å²) in [5.41, 5.74) is 0.268. The molecule has 0 aliphatic carbocycles. The lowest BCUT2D eigenvalue weighted by molar-refractivity contribution is 0.0697. The molecule has 0 spiro atoms. The van der Waals surface area contributed by atoms with Gasteiger partial charge in [-0.15, -0.1) is 0 Å². The number of carboxylic acid groups (broad SMARTS) is 1. The highest BCUT2D eigenvalue weighted by molar-refractivity contribution is 9.10. The molecule has 1 N–H and O–H groups in total. The van der Waals surface area contributed by atoms with E-state index < -0.39 is 5.97 Å². The highest BCUT2D eigenvalue weighted by Gasteiger charge is 2.08. The van der Waals surface area contributed by atoms with Gasteiger partial charge >= 0.3 is 5.97 Å². The predicted octanol–water partition coefficient (Wildman–Crippen LogP) is 3.31. The Labute approximate surface area is 101 Å². The van der Waals surface area contributed by atoms with Crippen molar-refractivity contribution in [2.75, 3.05) is 7.11 Å². The molecule has 0 aromatic heterocycles. The van der Waals surface area contributed by atoms with E-state index in [0.29, 0.717) is 0 Å². The second kappa shape index (κ2) is 4.14. The number of ether oxygens (including phenoxy) is 1. The van der Waals surface area contributed by atoms with Crippen LogP contribution in [0.3, 0.4) is 0 Å². The fraction of sp³-hybridized carbons (Fsp3) is 0.0833. The molecule has 2 aromatic rings. The Hall–Kier alpha value is -1.55. The smallest absolute Gasteiger partial charge is 0.335 e. The van der Waals surface area contributed by atoms with Gasteiger partial charge in [-0.1, -0.05) is 22.0 Å². The van der Waals surface area contributed by atoms with Crippen LogP contribution < -0.4 is 4.74 Å². The number of aromatic carboxylic acids is 1. The first-order valence-electron chi connectivity index (χ1n) is 4.62. The largest absolute Gasteiger partial charge is 0.497 e. The first-order valence-corrected chi connectivity index (χ1v) is 5.41. The third kappa shape index (κ3) is 1.88. The van der Waals surface area contributed by atoms with Crippen molar-refractivity contribution < 1.29 is 14.6 Å². The molecule has 3 nitrogen and oxygen atoms in total. The van der Waals surface area contributed by atoms with Gasteiger partial charge in [-0.05, 0) is 35.0 Å². The lowest BCUT2D eigenvalue weighted by Gasteiger charge is -2.05. The van der Waals surface area contributed by atoms with Crippen LogP contribution in [0, 0.1) is 0 Å². The average molecular weight is 281 g/mol. The minimum absolute atomic E-state index is 0.268. The fourth-order valence-corrected chi connectivity index (χ4v) is 2.13. The van der Waals surface area contributed by atoms with Gasteiger partial charge in [-0.3, -0.25) is 0 Å². The molecule has 0 aliphatic rings. The Balaban J connectivity index is 2.71. The number of carboxylic acids is 1. The summed E-state index contributed by atoms with van der Waals surface area (Å²) in [5, 5.41) is 10.7. The van der Waals surface area contributed by atoms with Crippen molar-refractivity contribution in [1.29, 1.82) is 0 Å². The van der Waals surface area contributed by atoms with Crippen molar-refractivity contribution in [1.82, 2.24) is 0 Å². The van der Waals surface area contributed by atoms with Gasteiger partial charge in [-0.25, -0.2) is 4.79 Å². The number of hydrogen-bond donors (Lipinski definition) is 1. The summed E-state index contributed by atoms with van der Waals surface area (Å²) in [4.78, 5) is 10.9. The summed E-state index contributed by atoms with van der Waals surface area (Å²) in [5.74, 6) is -0.185. The number of hydrogen-bond acceptors (Lipinski definition) is 2. The molecule has 0 unspecified atom stereocenters. The van der Waals surface area contributed by atoms with Gasteiger partial charge in [0.15, 0.2) is 0 Å². The maximum absolute atomic E-state index is 10.9. The number of fused-ring (bicyclic) bond motifs is 1. The van der Waals surface area contributed by atoms with Crippen molar-refractivity contribution in [3.8, 4) is 5.75 Å². The Morgan fingerprint density at radius 3 is 2.69 bits per heavy atom. The SMILES string of the molecule is COc1ccc2cc(C(=O)O)cc(Br)c2c1. The molecule has 2 aromatic carbocycles. The molecule has 0 amide bonds. The Bertz CT molecular complexity index is 563. The van der Waals surface area contributed by atoms with E-state index in [1.807, 2.05) is 12.1 Å². The van der Waals surface area contributed by atoms with Crippen LogP contribution in [0.5, 0.6) is 5.75 Å². The van der Waals surface area contributed by atoms with Crippen LogP contribution in [0.2, 0.25) is 0 Å². The second-order valence-corrected chi connectivity index (χ2v) is 4.20. The summed E-state index contributed by atoms with van der Waals surface area (Å²) < 4.78 is 5.87. The van der Waals surface area contributed by atoms with Crippen LogP contribution in [0.15, 0.2) is 34.8 Å². The molecule has 0 heterocycles. The topological polar surface area (TPSA) is 46.5 Å². The number of rotatable bonds is 2. The number of methoxy groups -OCH3 is 1. The van der Waals surface area contributed by atoms with Crippen molar-refractivity contribution in [2.45, 2.75) is 0 Å². The van der Waals surface area contributed by atoms with Crippen molar-refractivity contribution in [2.24, 2.45) is 0 Å². The summed E-state index contributed by atoms with van der Waals surface area (Å²) in [6.07, 6.45) is 0. The van der Waals surface area contributed by atoms with Gasteiger partial charge < -0.3 is 9.84 Å². The van der Waals surface area contributed by atoms with Gasteiger partial charge in [0.2, 0.25) is 0 Å². The van der Waals surface area contributed by atoms with Gasteiger partial charge in [-0.2, -0.15) is 0 Å². The number of halogens is 1. The first-order chi connectivity index (χ1) is 7.61. The van der Waals surface area contributed by atoms with Gasteiger partial charge in [0.05, 0.1) is 12.7 Å². The summed E-state index contributed by atoms with van der Waals surface area (Å²) >= 11 is 3.36. The zero-order valence-corrected chi connectivity index (χ0v) is 10.1. The maximum Gasteiger partial charge on any atom is 0.335 e. The van der Waals surface area contributed by atoms with E-state index in [-0.39, 0.29) is 5.56 Å². The molecular formula is C12H9BrO3. The van der Waals surface area contributed by atoms with Crippen LogP contribution in [-0.4, -0.2) is 18.2 Å². The molecule has 0 saturated heterocycles. The minimum Gasteiger partial charge on any atom is -0.497 e. The van der Waals surface area contributed by atoms with Crippen molar-refractivity contribution >= 4 is 32.7 Å². The molecule has 0 bridgehead atoms. The first kappa shape index (κ1) is 11.0. The summed E-state index contributed by atoms with van der Waals surface area (Å²) in [6.45, 7) is 0. The van der Waals surface area contributed by atoms with Crippen LogP contribution in [0.4, 0.5) is 0 Å². The van der Waals surface area contributed by atoms with Gasteiger partial charge in [0.25, 0.3) is 0 Å². The minimum atomic E-state index is -0.932. The highest BCUT2D eigenvalue weighted by atomic mass is 79.9. The fourth-order valence-electron chi connectivity index (χ4n) is 1.54. The molecule has 2 rings (SSSR count). The lowest BCUT2D eigenvalue weighted by Crippen LogP contribution is -1.96. The predicted molar refractivity (Wildman–Crippen MR) is 65.2 cm³/mol. The van der Waals surface area contributed by atoms with E-state index in [9.17, 15) is 4.79 Å². The third-order valence-corrected chi connectivity index (χ3v) is 3.01. The van der Waals surface area contributed by atoms with E-state index in [2.05, 4.69) is 15.9 Å². The van der Waals surface area contributed by atoms with E-state index in [4.69, 9.17) is 9.84 Å². The molecule has 0 atom stereocenters. The molecule has 4 heteroatoms. The lowest BCUT2D eigenvalue weighted by atomic mass is 10.1. The highest BCUT2D eigenvalue weighted by Crippen LogP contribution is 2.29. The summed E-state index contributed by atoms with van der Waals surface area (Å²) in [6, 6.07) is 8.74. The molecule has 0 radical (unpaired) electrons. The maximum atomic E-state index is 10.9. The van der Waals surface area contributed by atoms with Crippen molar-refractivity contribution in [3.63, 3.8) is 0 Å². The zero-order valence-electron chi connectivity index (χ0n) is 8.53. The van der Waals surface area contributed by atoms with Crippen LogP contribution in [-0.2, 0) is 0 Å². The normalized spacial score (nSPS) is 10.4. The van der Waals surface area contributed by atoms with Crippen LogP contribution in [0.1, 0.15) is 10.4 Å². The van der Waals surface area contributed by atoms with E-state index in [0.717, 1.165) is 21.0 Å². The third-order valence-electron chi connectivity index (χ3n) is 2.36. The number of benzene rings is 2. The van der Waals surface area contributed by atoms with E-state index in [1.165, 1.54) is 0 Å². The van der Waals surface area contributed by atoms with E-state index >= 15 is 0 Å². The average Bonchev–Trinajstić information content (AvgIpc) is 2.28. The molecule has 82 valence electrons. The van der Waals surface area contributed by atoms with Gasteiger partial charge in [0.1, 0.15) is 5.75 Å². The van der Waals surface area contributed by atoms with Gasteiger partial charge in [0, 0.05) is 4.47 Å². The quantitative estimate of drug-likeness (QED) is 0.918. The van der Waals surface area contributed by atoms with Crippen LogP contribution >= 0.6 is 15.9 Å². The second-order valence-electron chi connectivity index (χ2n) is 3.35. The number of carbonyl (C=O) groups is 1. The monoisotopic (exact) mass is 280 g/mol. The zero-order chi connectivity index (χ0) is 11.7. The summed E-state index contributed by atoms with van der Waals surface area (Å²) in [7, 11) is 1.60. The molecule has 0 aliphatic heterocycles. The Morgan fingerprint density at radius 2 is 2.06 bits per heavy atom. The molecule has 0 fully saturated rings. The molecular weight excluding hydrogens is 272 g/mol. The Kier molecular flexibility index (Phi) is 2.83. The standard InChI is InChI=1S/C12H9BrO3/c1-16-9-3-2-7-4-8(12(14)15)5-11(13)10(7)6-9/h2-6H,1H3,(H,14,15). The van der Waals surface area contributed by atoms with E-state index in [1.54, 1.807) is 25.3 Å².